The number of carboxylic acid groups (broad SMARTS) is 1. The second kappa shape index (κ2) is 5.24. The van der Waals surface area contributed by atoms with E-state index >= 15 is 0 Å². The van der Waals surface area contributed by atoms with Crippen molar-refractivity contribution >= 4 is 11.7 Å². The van der Waals surface area contributed by atoms with E-state index in [9.17, 15) is 9.90 Å². The summed E-state index contributed by atoms with van der Waals surface area (Å²) in [5.74, 6) is -0.0954. The predicted octanol–water partition coefficient (Wildman–Crippen LogP) is 2.31. The molecule has 3 rings (SSSR count). The van der Waals surface area contributed by atoms with Crippen molar-refractivity contribution in [2.75, 3.05) is 0 Å². The monoisotopic (exact) mass is 283 g/mol. The lowest BCUT2D eigenvalue weighted by Gasteiger charge is -2.08. The molecule has 0 amide bonds. The summed E-state index contributed by atoms with van der Waals surface area (Å²) in [4.78, 5) is 19.6. The van der Waals surface area contributed by atoms with Crippen LogP contribution in [0.15, 0.2) is 42.9 Å². The molecule has 0 aliphatic rings. The third-order valence-corrected chi connectivity index (χ3v) is 3.03. The van der Waals surface area contributed by atoms with Gasteiger partial charge in [-0.3, -0.25) is 4.40 Å². The van der Waals surface area contributed by atoms with Gasteiger partial charge >= 0.3 is 5.97 Å². The highest BCUT2D eigenvalue weighted by Gasteiger charge is 2.12. The van der Waals surface area contributed by atoms with Gasteiger partial charge in [-0.05, 0) is 25.1 Å². The molecule has 0 aliphatic heterocycles. The molecule has 0 radical (unpaired) electrons. The number of carbonyl (C=O) groups is 1. The number of hydrogen-bond donors (Lipinski definition) is 1. The van der Waals surface area contributed by atoms with Crippen LogP contribution in [0.3, 0.4) is 0 Å². The van der Waals surface area contributed by atoms with E-state index in [0.717, 1.165) is 5.56 Å². The SMILES string of the molecule is Cc1ccc(OCc2cn3cccnc3n2)c(C(=O)O)c1. The average Bonchev–Trinajstić information content (AvgIpc) is 2.88. The van der Waals surface area contributed by atoms with Crippen molar-refractivity contribution in [3.8, 4) is 5.75 Å². The fraction of sp³-hybridized carbons (Fsp3) is 0.133. The molecule has 0 unspecified atom stereocenters. The molecule has 2 heterocycles. The number of benzene rings is 1. The van der Waals surface area contributed by atoms with Crippen LogP contribution in [0.1, 0.15) is 21.6 Å². The minimum Gasteiger partial charge on any atom is -0.486 e. The van der Waals surface area contributed by atoms with E-state index in [-0.39, 0.29) is 12.2 Å². The first kappa shape index (κ1) is 13.1. The second-order valence-corrected chi connectivity index (χ2v) is 4.65. The Morgan fingerprint density at radius 1 is 1.43 bits per heavy atom. The first-order valence-electron chi connectivity index (χ1n) is 6.39. The molecule has 0 spiro atoms. The topological polar surface area (TPSA) is 76.7 Å². The molecule has 0 saturated carbocycles. The number of ether oxygens (including phenoxy) is 1. The van der Waals surface area contributed by atoms with Crippen LogP contribution in [-0.2, 0) is 6.61 Å². The fourth-order valence-electron chi connectivity index (χ4n) is 2.04. The Bertz CT molecular complexity index is 778. The van der Waals surface area contributed by atoms with Gasteiger partial charge in [0.25, 0.3) is 0 Å². The molecule has 3 aromatic rings. The van der Waals surface area contributed by atoms with Crippen LogP contribution in [0.5, 0.6) is 5.75 Å². The summed E-state index contributed by atoms with van der Waals surface area (Å²) in [5, 5.41) is 9.19. The zero-order valence-corrected chi connectivity index (χ0v) is 11.4. The Balaban J connectivity index is 1.83. The summed E-state index contributed by atoms with van der Waals surface area (Å²) < 4.78 is 7.37. The number of imidazole rings is 1. The minimum absolute atomic E-state index is 0.150. The van der Waals surface area contributed by atoms with Crippen molar-refractivity contribution < 1.29 is 14.6 Å². The van der Waals surface area contributed by atoms with Crippen molar-refractivity contribution in [3.63, 3.8) is 0 Å². The molecule has 0 saturated heterocycles. The van der Waals surface area contributed by atoms with E-state index in [2.05, 4.69) is 9.97 Å². The van der Waals surface area contributed by atoms with Gasteiger partial charge in [0.05, 0.1) is 5.69 Å². The molecule has 106 valence electrons. The summed E-state index contributed by atoms with van der Waals surface area (Å²) >= 11 is 0. The quantitative estimate of drug-likeness (QED) is 0.795. The third kappa shape index (κ3) is 2.69. The highest BCUT2D eigenvalue weighted by atomic mass is 16.5. The first-order chi connectivity index (χ1) is 10.1. The van der Waals surface area contributed by atoms with Gasteiger partial charge in [0.2, 0.25) is 5.78 Å². The van der Waals surface area contributed by atoms with E-state index < -0.39 is 5.97 Å². The Hall–Kier alpha value is -2.89. The highest BCUT2D eigenvalue weighted by molar-refractivity contribution is 5.91. The zero-order chi connectivity index (χ0) is 14.8. The van der Waals surface area contributed by atoms with Crippen LogP contribution < -0.4 is 4.74 Å². The van der Waals surface area contributed by atoms with Crippen molar-refractivity contribution in [2.24, 2.45) is 0 Å². The number of aryl methyl sites for hydroxylation is 1. The van der Waals surface area contributed by atoms with Crippen molar-refractivity contribution in [1.29, 1.82) is 0 Å². The van der Waals surface area contributed by atoms with E-state index in [1.807, 2.05) is 25.3 Å². The largest absolute Gasteiger partial charge is 0.486 e. The summed E-state index contributed by atoms with van der Waals surface area (Å²) in [6.07, 6.45) is 5.31. The highest BCUT2D eigenvalue weighted by Crippen LogP contribution is 2.21. The summed E-state index contributed by atoms with van der Waals surface area (Å²) in [7, 11) is 0. The Morgan fingerprint density at radius 3 is 3.05 bits per heavy atom. The van der Waals surface area contributed by atoms with Crippen LogP contribution >= 0.6 is 0 Å². The molecule has 0 aliphatic carbocycles. The van der Waals surface area contributed by atoms with Crippen LogP contribution in [-0.4, -0.2) is 25.4 Å². The van der Waals surface area contributed by atoms with Crippen LogP contribution in [0.2, 0.25) is 0 Å². The third-order valence-electron chi connectivity index (χ3n) is 3.03. The van der Waals surface area contributed by atoms with Gasteiger partial charge in [0.15, 0.2) is 0 Å². The second-order valence-electron chi connectivity index (χ2n) is 4.65. The molecule has 6 heteroatoms. The smallest absolute Gasteiger partial charge is 0.339 e. The van der Waals surface area contributed by atoms with Crippen LogP contribution in [0.4, 0.5) is 0 Å². The van der Waals surface area contributed by atoms with E-state index in [1.54, 1.807) is 28.9 Å². The van der Waals surface area contributed by atoms with Crippen molar-refractivity contribution in [2.45, 2.75) is 13.5 Å². The van der Waals surface area contributed by atoms with Crippen LogP contribution in [0.25, 0.3) is 5.78 Å². The molecule has 0 fully saturated rings. The molecule has 1 N–H and O–H groups in total. The molecular weight excluding hydrogens is 270 g/mol. The lowest BCUT2D eigenvalue weighted by Crippen LogP contribution is -2.04. The number of aromatic carboxylic acids is 1. The van der Waals surface area contributed by atoms with Gasteiger partial charge in [-0.25, -0.2) is 14.8 Å². The Kier molecular flexibility index (Phi) is 3.27. The van der Waals surface area contributed by atoms with E-state index in [4.69, 9.17) is 4.74 Å². The number of fused-ring (bicyclic) bond motifs is 1. The van der Waals surface area contributed by atoms with E-state index in [0.29, 0.717) is 17.2 Å². The van der Waals surface area contributed by atoms with Gasteiger partial charge in [-0.2, -0.15) is 0 Å². The number of aromatic nitrogens is 3. The maximum atomic E-state index is 11.2. The Morgan fingerprint density at radius 2 is 2.29 bits per heavy atom. The van der Waals surface area contributed by atoms with Gasteiger partial charge in [-0.15, -0.1) is 0 Å². The van der Waals surface area contributed by atoms with Crippen LogP contribution in [0, 0.1) is 6.92 Å². The van der Waals surface area contributed by atoms with Gasteiger partial charge in [-0.1, -0.05) is 11.6 Å². The molecule has 2 aromatic heterocycles. The predicted molar refractivity (Wildman–Crippen MR) is 75.5 cm³/mol. The number of carboxylic acids is 1. The summed E-state index contributed by atoms with van der Waals surface area (Å²) in [6, 6.07) is 6.87. The van der Waals surface area contributed by atoms with Crippen molar-refractivity contribution in [3.05, 3.63) is 59.7 Å². The summed E-state index contributed by atoms with van der Waals surface area (Å²) in [6.45, 7) is 2.02. The molecular formula is C15H13N3O3. The van der Waals surface area contributed by atoms with Crippen molar-refractivity contribution in [1.82, 2.24) is 14.4 Å². The maximum Gasteiger partial charge on any atom is 0.339 e. The zero-order valence-electron chi connectivity index (χ0n) is 11.4. The molecule has 6 nitrogen and oxygen atoms in total. The average molecular weight is 283 g/mol. The van der Waals surface area contributed by atoms with E-state index in [1.165, 1.54) is 0 Å². The van der Waals surface area contributed by atoms with Gasteiger partial charge < -0.3 is 9.84 Å². The lowest BCUT2D eigenvalue weighted by atomic mass is 10.1. The number of rotatable bonds is 4. The molecule has 21 heavy (non-hydrogen) atoms. The fourth-order valence-corrected chi connectivity index (χ4v) is 2.04. The number of hydrogen-bond acceptors (Lipinski definition) is 4. The molecule has 1 aromatic carbocycles. The normalized spacial score (nSPS) is 10.7. The Labute approximate surface area is 120 Å². The minimum atomic E-state index is -1.01. The summed E-state index contributed by atoms with van der Waals surface area (Å²) in [5.41, 5.74) is 1.71. The standard InChI is InChI=1S/C15H13N3O3/c1-10-3-4-13(12(7-10)14(19)20)21-9-11-8-18-6-2-5-16-15(18)17-11/h2-8H,9H2,1H3,(H,19,20). The van der Waals surface area contributed by atoms with Gasteiger partial charge in [0.1, 0.15) is 17.9 Å². The maximum absolute atomic E-state index is 11.2. The lowest BCUT2D eigenvalue weighted by molar-refractivity contribution is 0.0691. The molecule has 0 atom stereocenters. The number of nitrogens with zero attached hydrogens (tertiary/aromatic N) is 3. The first-order valence-corrected chi connectivity index (χ1v) is 6.39. The molecule has 0 bridgehead atoms. The van der Waals surface area contributed by atoms with Gasteiger partial charge in [0, 0.05) is 18.6 Å².